The van der Waals surface area contributed by atoms with Gasteiger partial charge in [0, 0.05) is 6.20 Å². The molecule has 0 bridgehead atoms. The van der Waals surface area contributed by atoms with Crippen molar-refractivity contribution in [2.45, 2.75) is 6.92 Å². The minimum atomic E-state index is 0.521. The van der Waals surface area contributed by atoms with E-state index in [9.17, 15) is 0 Å². The van der Waals surface area contributed by atoms with Crippen molar-refractivity contribution in [1.82, 2.24) is 19.9 Å². The Bertz CT molecular complexity index is 1060. The Morgan fingerprint density at radius 3 is 2.50 bits per heavy atom. The van der Waals surface area contributed by atoms with Crippen molar-refractivity contribution in [2.75, 3.05) is 10.6 Å². The van der Waals surface area contributed by atoms with Crippen molar-refractivity contribution in [2.24, 2.45) is 0 Å². The summed E-state index contributed by atoms with van der Waals surface area (Å²) < 4.78 is 0. The van der Waals surface area contributed by atoms with Gasteiger partial charge in [-0.1, -0.05) is 40.6 Å². The van der Waals surface area contributed by atoms with E-state index in [1.165, 1.54) is 11.3 Å². The highest BCUT2D eigenvalue weighted by Crippen LogP contribution is 2.36. The summed E-state index contributed by atoms with van der Waals surface area (Å²) in [6.07, 6.45) is 3.43. The van der Waals surface area contributed by atoms with Gasteiger partial charge in [-0.05, 0) is 31.2 Å². The van der Waals surface area contributed by atoms with Gasteiger partial charge in [0.15, 0.2) is 15.8 Å². The second kappa shape index (κ2) is 7.03. The van der Waals surface area contributed by atoms with Crippen LogP contribution in [0.3, 0.4) is 0 Å². The first-order valence-electron chi connectivity index (χ1n) is 7.63. The minimum Gasteiger partial charge on any atom is -0.337 e. The van der Waals surface area contributed by atoms with Gasteiger partial charge in [0.1, 0.15) is 11.3 Å². The SMILES string of the molecule is Cc1nc(Nc2cccnc2)c2nc(Nc3c(Cl)cccc3Cl)sc2n1. The van der Waals surface area contributed by atoms with E-state index in [0.29, 0.717) is 38.0 Å². The third kappa shape index (κ3) is 3.41. The molecule has 2 N–H and O–H groups in total. The molecule has 0 saturated heterocycles. The highest BCUT2D eigenvalue weighted by atomic mass is 35.5. The maximum Gasteiger partial charge on any atom is 0.190 e. The zero-order chi connectivity index (χ0) is 18.1. The van der Waals surface area contributed by atoms with Gasteiger partial charge in [-0.15, -0.1) is 0 Å². The summed E-state index contributed by atoms with van der Waals surface area (Å²) in [5.41, 5.74) is 2.10. The Kier molecular flexibility index (Phi) is 4.58. The first-order chi connectivity index (χ1) is 12.6. The summed E-state index contributed by atoms with van der Waals surface area (Å²) in [6, 6.07) is 9.08. The molecule has 3 aromatic heterocycles. The van der Waals surface area contributed by atoms with Crippen molar-refractivity contribution >= 4 is 67.2 Å². The second-order valence-electron chi connectivity index (χ2n) is 5.38. The van der Waals surface area contributed by atoms with Crippen molar-refractivity contribution in [3.63, 3.8) is 0 Å². The molecule has 4 aromatic rings. The van der Waals surface area contributed by atoms with E-state index in [2.05, 4.69) is 30.6 Å². The van der Waals surface area contributed by atoms with E-state index < -0.39 is 0 Å². The number of nitrogens with zero attached hydrogens (tertiary/aromatic N) is 4. The molecule has 0 fully saturated rings. The van der Waals surface area contributed by atoms with E-state index in [4.69, 9.17) is 23.2 Å². The first-order valence-corrected chi connectivity index (χ1v) is 9.20. The average molecular weight is 403 g/mol. The molecule has 0 saturated carbocycles. The average Bonchev–Trinajstić information content (AvgIpc) is 3.02. The van der Waals surface area contributed by atoms with E-state index in [0.717, 1.165) is 10.5 Å². The molecule has 0 radical (unpaired) electrons. The summed E-state index contributed by atoms with van der Waals surface area (Å²) in [6.45, 7) is 1.84. The fraction of sp³-hybridized carbons (Fsp3) is 0.0588. The van der Waals surface area contributed by atoms with Gasteiger partial charge in [0.25, 0.3) is 0 Å². The van der Waals surface area contributed by atoms with Crippen LogP contribution in [0.4, 0.5) is 22.3 Å². The molecular weight excluding hydrogens is 391 g/mol. The quantitative estimate of drug-likeness (QED) is 0.463. The van der Waals surface area contributed by atoms with Crippen LogP contribution in [0.25, 0.3) is 10.3 Å². The van der Waals surface area contributed by atoms with Crippen molar-refractivity contribution in [3.8, 4) is 0 Å². The zero-order valence-corrected chi connectivity index (χ0v) is 15.8. The largest absolute Gasteiger partial charge is 0.337 e. The van der Waals surface area contributed by atoms with Gasteiger partial charge in [-0.3, -0.25) is 4.98 Å². The lowest BCUT2D eigenvalue weighted by Crippen LogP contribution is -1.98. The number of para-hydroxylation sites is 1. The fourth-order valence-electron chi connectivity index (χ4n) is 2.37. The fourth-order valence-corrected chi connectivity index (χ4v) is 3.75. The maximum absolute atomic E-state index is 6.22. The van der Waals surface area contributed by atoms with Crippen molar-refractivity contribution in [1.29, 1.82) is 0 Å². The number of aromatic nitrogens is 4. The predicted octanol–water partition coefficient (Wildman–Crippen LogP) is 5.58. The smallest absolute Gasteiger partial charge is 0.190 e. The highest BCUT2D eigenvalue weighted by molar-refractivity contribution is 7.21. The monoisotopic (exact) mass is 402 g/mol. The topological polar surface area (TPSA) is 75.6 Å². The lowest BCUT2D eigenvalue weighted by Gasteiger charge is -2.07. The van der Waals surface area contributed by atoms with E-state index >= 15 is 0 Å². The number of thiazole rings is 1. The van der Waals surface area contributed by atoms with Gasteiger partial charge >= 0.3 is 0 Å². The molecular formula is C17H12Cl2N6S. The van der Waals surface area contributed by atoms with Crippen molar-refractivity contribution in [3.05, 3.63) is 58.6 Å². The maximum atomic E-state index is 6.22. The molecule has 0 aliphatic carbocycles. The van der Waals surface area contributed by atoms with Crippen LogP contribution in [0.5, 0.6) is 0 Å². The third-order valence-electron chi connectivity index (χ3n) is 3.49. The summed E-state index contributed by atoms with van der Waals surface area (Å²) in [5.74, 6) is 1.27. The van der Waals surface area contributed by atoms with E-state index in [-0.39, 0.29) is 0 Å². The lowest BCUT2D eigenvalue weighted by molar-refractivity contribution is 1.09. The number of rotatable bonds is 4. The van der Waals surface area contributed by atoms with Gasteiger partial charge in [0.05, 0.1) is 27.6 Å². The van der Waals surface area contributed by atoms with E-state index in [1.807, 2.05) is 19.1 Å². The molecule has 9 heteroatoms. The molecule has 6 nitrogen and oxygen atoms in total. The molecule has 130 valence electrons. The molecule has 0 aliphatic heterocycles. The molecule has 0 unspecified atom stereocenters. The normalized spacial score (nSPS) is 10.9. The van der Waals surface area contributed by atoms with Crippen LogP contribution in [-0.2, 0) is 0 Å². The van der Waals surface area contributed by atoms with Gasteiger partial charge in [-0.2, -0.15) is 0 Å². The molecule has 0 amide bonds. The number of benzene rings is 1. The van der Waals surface area contributed by atoms with Crippen LogP contribution in [0.15, 0.2) is 42.7 Å². The van der Waals surface area contributed by atoms with E-state index in [1.54, 1.807) is 30.6 Å². The number of hydrogen-bond acceptors (Lipinski definition) is 7. The molecule has 0 spiro atoms. The lowest BCUT2D eigenvalue weighted by atomic mass is 10.3. The summed E-state index contributed by atoms with van der Waals surface area (Å²) in [5, 5.41) is 8.09. The Morgan fingerprint density at radius 1 is 0.962 bits per heavy atom. The van der Waals surface area contributed by atoms with Crippen LogP contribution in [0.1, 0.15) is 5.82 Å². The Hall–Kier alpha value is -2.48. The van der Waals surface area contributed by atoms with Crippen LogP contribution in [-0.4, -0.2) is 19.9 Å². The zero-order valence-electron chi connectivity index (χ0n) is 13.5. The van der Waals surface area contributed by atoms with Crippen LogP contribution < -0.4 is 10.6 Å². The number of hydrogen-bond donors (Lipinski definition) is 2. The first kappa shape index (κ1) is 17.0. The second-order valence-corrected chi connectivity index (χ2v) is 7.17. The number of halogens is 2. The van der Waals surface area contributed by atoms with Crippen LogP contribution >= 0.6 is 34.5 Å². The van der Waals surface area contributed by atoms with Crippen LogP contribution in [0.2, 0.25) is 10.0 Å². The number of nitrogens with one attached hydrogen (secondary N) is 2. The standard InChI is InChI=1S/C17H12Cl2N6S/c1-9-21-15(23-10-4-3-7-20-8-10)14-16(22-9)26-17(25-14)24-13-11(18)5-2-6-12(13)19/h2-8H,1H3,(H,24,25)(H,21,22,23). The summed E-state index contributed by atoms with van der Waals surface area (Å²) in [4.78, 5) is 18.4. The Balaban J connectivity index is 1.74. The Labute approximate surface area is 163 Å². The predicted molar refractivity (Wildman–Crippen MR) is 107 cm³/mol. The summed E-state index contributed by atoms with van der Waals surface area (Å²) in [7, 11) is 0. The molecule has 0 aliphatic rings. The summed E-state index contributed by atoms with van der Waals surface area (Å²) >= 11 is 13.9. The molecule has 4 rings (SSSR count). The highest BCUT2D eigenvalue weighted by Gasteiger charge is 2.14. The number of aryl methyl sites for hydroxylation is 1. The third-order valence-corrected chi connectivity index (χ3v) is 4.98. The molecule has 1 aromatic carbocycles. The molecule has 0 atom stereocenters. The van der Waals surface area contributed by atoms with Gasteiger partial charge in [-0.25, -0.2) is 15.0 Å². The minimum absolute atomic E-state index is 0.521. The number of fused-ring (bicyclic) bond motifs is 1. The molecule has 3 heterocycles. The Morgan fingerprint density at radius 2 is 1.77 bits per heavy atom. The number of pyridine rings is 1. The number of anilines is 4. The van der Waals surface area contributed by atoms with Crippen LogP contribution in [0, 0.1) is 6.92 Å². The van der Waals surface area contributed by atoms with Gasteiger partial charge in [0.2, 0.25) is 0 Å². The van der Waals surface area contributed by atoms with Gasteiger partial charge < -0.3 is 10.6 Å². The molecule has 26 heavy (non-hydrogen) atoms. The van der Waals surface area contributed by atoms with Crippen molar-refractivity contribution < 1.29 is 0 Å².